The molecule has 7 heteroatoms. The molecule has 4 aliphatic rings. The highest BCUT2D eigenvalue weighted by atomic mass is 16.2. The summed E-state index contributed by atoms with van der Waals surface area (Å²) in [6.45, 7) is 2.40. The minimum atomic E-state index is 0.100. The lowest BCUT2D eigenvalue weighted by molar-refractivity contribution is -0.413. The number of aromatic nitrogens is 3. The van der Waals surface area contributed by atoms with Gasteiger partial charge in [0.25, 0.3) is 5.91 Å². The average Bonchev–Trinajstić information content (AvgIpc) is 3.79. The first-order valence-corrected chi connectivity index (χ1v) is 12.4. The van der Waals surface area contributed by atoms with Crippen molar-refractivity contribution >= 4 is 17.5 Å². The van der Waals surface area contributed by atoms with E-state index in [1.807, 2.05) is 29.6 Å². The number of hydrogen-bond acceptors (Lipinski definition) is 5. The molecule has 0 radical (unpaired) electrons. The molecule has 3 N–H and O–H groups in total. The lowest BCUT2D eigenvalue weighted by Gasteiger charge is -2.19. The Hall–Kier alpha value is -3.32. The van der Waals surface area contributed by atoms with Crippen LogP contribution in [0.5, 0.6) is 0 Å². The molecule has 1 saturated heterocycles. The lowest BCUT2D eigenvalue weighted by atomic mass is 9.97. The van der Waals surface area contributed by atoms with Crippen LogP contribution in [0.15, 0.2) is 48.9 Å². The molecule has 2 aromatic heterocycles. The molecule has 7 nitrogen and oxygen atoms in total. The third-order valence-corrected chi connectivity index (χ3v) is 8.00. The van der Waals surface area contributed by atoms with Crippen LogP contribution in [0.2, 0.25) is 0 Å². The van der Waals surface area contributed by atoms with E-state index >= 15 is 0 Å². The Bertz CT molecular complexity index is 1280. The summed E-state index contributed by atoms with van der Waals surface area (Å²) in [5.41, 5.74) is 10.7. The standard InChI is InChI=1S/C27H28N6O/c28-21-6-10-32(15-21)25(34)19-3-4-22-24(12-19)33(16-27(22)7-8-27)26-30-13-20(14-31-26)23-11-18(5-9-29-23)17-1-2-17/h3-5,9,11-14,17,21H,1-2,6-8,10,15-16,28H2/p+1/t21-/m1/s1. The lowest BCUT2D eigenvalue weighted by Crippen LogP contribution is -2.62. The number of hydrogen-bond donors (Lipinski definition) is 1. The Kier molecular flexibility index (Phi) is 4.34. The second kappa shape index (κ2) is 7.34. The topological polar surface area (TPSA) is 89.9 Å². The Morgan fingerprint density at radius 3 is 2.56 bits per heavy atom. The molecule has 1 spiro atoms. The van der Waals surface area contributed by atoms with Crippen LogP contribution in [0.25, 0.3) is 11.3 Å². The number of carbonyl (C=O) groups excluding carboxylic acids is 1. The molecule has 3 aromatic rings. The van der Waals surface area contributed by atoms with E-state index in [1.165, 1.54) is 36.8 Å². The van der Waals surface area contributed by atoms with E-state index < -0.39 is 0 Å². The molecule has 4 heterocycles. The SMILES string of the molecule is [NH3+][C@@H]1CCN(C(=O)c2ccc3c(c2)N(c2ncc(-c4cc(C5CC5)ccn4)cn2)CC32CC2)C1. The van der Waals surface area contributed by atoms with E-state index in [1.54, 1.807) is 0 Å². The van der Waals surface area contributed by atoms with Crippen molar-refractivity contribution in [2.75, 3.05) is 24.5 Å². The molecule has 1 atom stereocenters. The number of quaternary nitrogens is 1. The van der Waals surface area contributed by atoms with Gasteiger partial charge in [0.1, 0.15) is 6.04 Å². The first kappa shape index (κ1) is 20.1. The third kappa shape index (κ3) is 3.29. The normalized spacial score (nSPS) is 22.3. The highest BCUT2D eigenvalue weighted by Gasteiger charge is 2.52. The van der Waals surface area contributed by atoms with Gasteiger partial charge in [0, 0.05) is 60.3 Å². The van der Waals surface area contributed by atoms with Gasteiger partial charge >= 0.3 is 0 Å². The molecule has 2 aliphatic heterocycles. The number of fused-ring (bicyclic) bond motifs is 2. The van der Waals surface area contributed by atoms with E-state index in [4.69, 9.17) is 9.97 Å². The fraction of sp³-hybridized carbons (Fsp3) is 0.407. The number of carbonyl (C=O) groups is 1. The van der Waals surface area contributed by atoms with Crippen molar-refractivity contribution in [2.45, 2.75) is 49.5 Å². The number of benzene rings is 1. The minimum Gasteiger partial charge on any atom is -0.354 e. The zero-order valence-corrected chi connectivity index (χ0v) is 19.3. The highest BCUT2D eigenvalue weighted by Crippen LogP contribution is 2.57. The molecule has 34 heavy (non-hydrogen) atoms. The summed E-state index contributed by atoms with van der Waals surface area (Å²) in [7, 11) is 0. The Labute approximate surface area is 199 Å². The first-order valence-electron chi connectivity index (χ1n) is 12.4. The molecule has 0 bridgehead atoms. The monoisotopic (exact) mass is 453 g/mol. The van der Waals surface area contributed by atoms with Crippen molar-refractivity contribution < 1.29 is 10.5 Å². The maximum Gasteiger partial charge on any atom is 0.254 e. The van der Waals surface area contributed by atoms with Crippen molar-refractivity contribution in [3.63, 3.8) is 0 Å². The van der Waals surface area contributed by atoms with Gasteiger partial charge in [-0.2, -0.15) is 0 Å². The van der Waals surface area contributed by atoms with E-state index in [-0.39, 0.29) is 11.3 Å². The zero-order chi connectivity index (χ0) is 22.9. The van der Waals surface area contributed by atoms with Gasteiger partial charge in [0.15, 0.2) is 0 Å². The number of nitrogens with zero attached hydrogens (tertiary/aromatic N) is 5. The molecule has 172 valence electrons. The second-order valence-electron chi connectivity index (χ2n) is 10.5. The van der Waals surface area contributed by atoms with Gasteiger partial charge in [-0.3, -0.25) is 9.78 Å². The van der Waals surface area contributed by atoms with E-state index in [0.29, 0.717) is 17.9 Å². The van der Waals surface area contributed by atoms with E-state index in [0.717, 1.165) is 48.6 Å². The first-order chi connectivity index (χ1) is 16.6. The second-order valence-corrected chi connectivity index (χ2v) is 10.5. The smallest absolute Gasteiger partial charge is 0.254 e. The molecular weight excluding hydrogens is 424 g/mol. The van der Waals surface area contributed by atoms with Crippen molar-refractivity contribution in [1.82, 2.24) is 19.9 Å². The van der Waals surface area contributed by atoms with Crippen LogP contribution in [0.1, 0.15) is 59.5 Å². The van der Waals surface area contributed by atoms with Gasteiger partial charge in [-0.15, -0.1) is 0 Å². The predicted octanol–water partition coefficient (Wildman–Crippen LogP) is 3.06. The van der Waals surface area contributed by atoms with Gasteiger partial charge < -0.3 is 15.5 Å². The maximum absolute atomic E-state index is 13.1. The van der Waals surface area contributed by atoms with Crippen molar-refractivity contribution in [3.8, 4) is 11.3 Å². The predicted molar refractivity (Wildman–Crippen MR) is 129 cm³/mol. The van der Waals surface area contributed by atoms with Gasteiger partial charge in [0.05, 0.1) is 12.2 Å². The van der Waals surface area contributed by atoms with Crippen molar-refractivity contribution in [2.24, 2.45) is 0 Å². The van der Waals surface area contributed by atoms with Gasteiger partial charge in [-0.05, 0) is 67.0 Å². The molecule has 1 aromatic carbocycles. The van der Waals surface area contributed by atoms with Crippen LogP contribution in [-0.2, 0) is 5.41 Å². The van der Waals surface area contributed by atoms with E-state index in [2.05, 4.69) is 39.9 Å². The summed E-state index contributed by atoms with van der Waals surface area (Å²) in [6, 6.07) is 10.8. The number of anilines is 2. The zero-order valence-electron chi connectivity index (χ0n) is 19.3. The van der Waals surface area contributed by atoms with Crippen LogP contribution in [0.3, 0.4) is 0 Å². The third-order valence-electron chi connectivity index (χ3n) is 8.00. The summed E-state index contributed by atoms with van der Waals surface area (Å²) in [5, 5.41) is 0. The molecule has 2 saturated carbocycles. The molecular formula is C27H29N6O+. The average molecular weight is 454 g/mol. The molecule has 1 amide bonds. The van der Waals surface area contributed by atoms with Gasteiger partial charge in [-0.25, -0.2) is 9.97 Å². The summed E-state index contributed by atoms with van der Waals surface area (Å²) >= 11 is 0. The summed E-state index contributed by atoms with van der Waals surface area (Å²) in [6.07, 6.45) is 11.5. The van der Waals surface area contributed by atoms with Crippen LogP contribution in [0.4, 0.5) is 11.6 Å². The molecule has 3 fully saturated rings. The fourth-order valence-corrected chi connectivity index (χ4v) is 5.63. The summed E-state index contributed by atoms with van der Waals surface area (Å²) in [4.78, 5) is 31.3. The van der Waals surface area contributed by atoms with Crippen molar-refractivity contribution in [1.29, 1.82) is 0 Å². The minimum absolute atomic E-state index is 0.100. The Morgan fingerprint density at radius 2 is 1.85 bits per heavy atom. The number of amides is 1. The molecule has 2 aliphatic carbocycles. The number of rotatable bonds is 4. The van der Waals surface area contributed by atoms with Crippen molar-refractivity contribution in [3.05, 3.63) is 65.6 Å². The van der Waals surface area contributed by atoms with E-state index in [9.17, 15) is 4.79 Å². The summed E-state index contributed by atoms with van der Waals surface area (Å²) in [5.74, 6) is 1.48. The molecule has 7 rings (SSSR count). The van der Waals surface area contributed by atoms with Crippen LogP contribution in [0, 0.1) is 0 Å². The largest absolute Gasteiger partial charge is 0.354 e. The quantitative estimate of drug-likeness (QED) is 0.656. The Balaban J connectivity index is 1.19. The fourth-order valence-electron chi connectivity index (χ4n) is 5.63. The van der Waals surface area contributed by atoms with Gasteiger partial charge in [-0.1, -0.05) is 6.07 Å². The number of pyridine rings is 1. The Morgan fingerprint density at radius 1 is 1.03 bits per heavy atom. The summed E-state index contributed by atoms with van der Waals surface area (Å²) < 4.78 is 0. The van der Waals surface area contributed by atoms with Gasteiger partial charge in [0.2, 0.25) is 5.95 Å². The highest BCUT2D eigenvalue weighted by molar-refractivity contribution is 5.96. The van der Waals surface area contributed by atoms with Crippen LogP contribution in [-0.4, -0.2) is 51.4 Å². The number of likely N-dealkylation sites (tertiary alicyclic amines) is 1. The maximum atomic E-state index is 13.1. The molecule has 0 unspecified atom stereocenters. The van der Waals surface area contributed by atoms with Crippen LogP contribution < -0.4 is 10.6 Å². The van der Waals surface area contributed by atoms with Crippen LogP contribution >= 0.6 is 0 Å².